The van der Waals surface area contributed by atoms with E-state index in [1.165, 1.54) is 5.69 Å². The smallest absolute Gasteiger partial charge is 0.190 e. The molecule has 0 aliphatic rings. The van der Waals surface area contributed by atoms with Crippen LogP contribution in [-0.4, -0.2) is 24.9 Å². The fraction of sp³-hybridized carbons (Fsp3) is 0.400. The van der Waals surface area contributed by atoms with Crippen LogP contribution in [0.4, 0.5) is 5.69 Å². The molecule has 0 spiro atoms. The number of thiazole rings is 1. The van der Waals surface area contributed by atoms with Crippen LogP contribution < -0.4 is 9.54 Å². The van der Waals surface area contributed by atoms with Crippen molar-refractivity contribution in [3.8, 4) is 5.75 Å². The van der Waals surface area contributed by atoms with Gasteiger partial charge in [0.05, 0.1) is 13.2 Å². The summed E-state index contributed by atoms with van der Waals surface area (Å²) in [6.45, 7) is 6.18. The standard InChI is InChI=1S/C15H20N2O2S/c1-4-19-14-8-6-5-7-13(14)16-15-17(9-10-18-3)12(2)11-20-15/h5-8,11H,4,9-10H2,1-3H3. The highest BCUT2D eigenvalue weighted by molar-refractivity contribution is 7.07. The Kier molecular flexibility index (Phi) is 5.38. The minimum Gasteiger partial charge on any atom is -0.492 e. The molecule has 0 atom stereocenters. The third-order valence-electron chi connectivity index (χ3n) is 2.89. The molecule has 0 saturated heterocycles. The number of aromatic nitrogens is 1. The largest absolute Gasteiger partial charge is 0.492 e. The lowest BCUT2D eigenvalue weighted by atomic mass is 10.3. The van der Waals surface area contributed by atoms with Crippen molar-refractivity contribution in [2.24, 2.45) is 4.99 Å². The van der Waals surface area contributed by atoms with Crippen molar-refractivity contribution in [3.05, 3.63) is 40.1 Å². The van der Waals surface area contributed by atoms with Gasteiger partial charge in [0, 0.05) is 24.7 Å². The predicted octanol–water partition coefficient (Wildman–Crippen LogP) is 3.14. The monoisotopic (exact) mass is 292 g/mol. The lowest BCUT2D eigenvalue weighted by molar-refractivity contribution is 0.186. The summed E-state index contributed by atoms with van der Waals surface area (Å²) in [4.78, 5) is 5.70. The zero-order chi connectivity index (χ0) is 14.4. The highest BCUT2D eigenvalue weighted by Crippen LogP contribution is 2.26. The summed E-state index contributed by atoms with van der Waals surface area (Å²) in [7, 11) is 1.71. The highest BCUT2D eigenvalue weighted by atomic mass is 32.1. The fourth-order valence-electron chi connectivity index (χ4n) is 1.89. The maximum Gasteiger partial charge on any atom is 0.190 e. The summed E-state index contributed by atoms with van der Waals surface area (Å²) in [6.07, 6.45) is 0. The molecule has 0 aliphatic carbocycles. The molecule has 1 aromatic heterocycles. The maximum atomic E-state index is 5.61. The van der Waals surface area contributed by atoms with Gasteiger partial charge in [-0.05, 0) is 26.0 Å². The van der Waals surface area contributed by atoms with E-state index in [2.05, 4.69) is 16.9 Å². The Morgan fingerprint density at radius 2 is 2.10 bits per heavy atom. The normalized spacial score (nSPS) is 11.8. The second kappa shape index (κ2) is 7.26. The number of rotatable bonds is 6. The van der Waals surface area contributed by atoms with Crippen molar-refractivity contribution in [1.82, 2.24) is 4.57 Å². The number of hydrogen-bond donors (Lipinski definition) is 0. The summed E-state index contributed by atoms with van der Waals surface area (Å²) in [5, 5.41) is 2.11. The van der Waals surface area contributed by atoms with Gasteiger partial charge in [-0.25, -0.2) is 4.99 Å². The van der Waals surface area contributed by atoms with E-state index in [1.54, 1.807) is 18.4 Å². The molecule has 0 amide bonds. The molecule has 0 unspecified atom stereocenters. The van der Waals surface area contributed by atoms with E-state index >= 15 is 0 Å². The Hall–Kier alpha value is -1.59. The van der Waals surface area contributed by atoms with Gasteiger partial charge in [-0.1, -0.05) is 12.1 Å². The molecule has 0 radical (unpaired) electrons. The number of para-hydroxylation sites is 2. The Bertz CT molecular complexity index is 616. The van der Waals surface area contributed by atoms with Gasteiger partial charge in [0.1, 0.15) is 11.4 Å². The van der Waals surface area contributed by atoms with Crippen LogP contribution >= 0.6 is 11.3 Å². The maximum absolute atomic E-state index is 5.61. The molecule has 5 heteroatoms. The number of nitrogens with zero attached hydrogens (tertiary/aromatic N) is 2. The number of aryl methyl sites for hydroxylation is 1. The molecule has 4 nitrogen and oxygen atoms in total. The van der Waals surface area contributed by atoms with E-state index in [9.17, 15) is 0 Å². The minimum atomic E-state index is 0.639. The van der Waals surface area contributed by atoms with Crippen LogP contribution in [0.2, 0.25) is 0 Å². The van der Waals surface area contributed by atoms with Crippen LogP contribution in [0.25, 0.3) is 0 Å². The van der Waals surface area contributed by atoms with Crippen molar-refractivity contribution in [2.45, 2.75) is 20.4 Å². The molecule has 108 valence electrons. The number of hydrogen-bond acceptors (Lipinski definition) is 4. The van der Waals surface area contributed by atoms with E-state index in [-0.39, 0.29) is 0 Å². The molecule has 2 rings (SSSR count). The van der Waals surface area contributed by atoms with Crippen molar-refractivity contribution >= 4 is 17.0 Å². The third kappa shape index (κ3) is 3.49. The molecular weight excluding hydrogens is 272 g/mol. The first-order valence-corrected chi connectivity index (χ1v) is 7.54. The van der Waals surface area contributed by atoms with Gasteiger partial charge >= 0.3 is 0 Å². The van der Waals surface area contributed by atoms with Crippen molar-refractivity contribution in [1.29, 1.82) is 0 Å². The minimum absolute atomic E-state index is 0.639. The second-order valence-electron chi connectivity index (χ2n) is 4.32. The van der Waals surface area contributed by atoms with Crippen LogP contribution in [0.5, 0.6) is 5.75 Å². The molecule has 2 aromatic rings. The summed E-state index contributed by atoms with van der Waals surface area (Å²) >= 11 is 1.63. The SMILES string of the molecule is CCOc1ccccc1N=c1scc(C)n1CCOC. The van der Waals surface area contributed by atoms with Crippen molar-refractivity contribution in [2.75, 3.05) is 20.3 Å². The lowest BCUT2D eigenvalue weighted by Crippen LogP contribution is -2.18. The van der Waals surface area contributed by atoms with Gasteiger partial charge in [0.25, 0.3) is 0 Å². The fourth-order valence-corrected chi connectivity index (χ4v) is 2.80. The average molecular weight is 292 g/mol. The molecular formula is C15H20N2O2S. The predicted molar refractivity (Wildman–Crippen MR) is 81.8 cm³/mol. The summed E-state index contributed by atoms with van der Waals surface area (Å²) in [5.74, 6) is 0.819. The molecule has 1 heterocycles. The first-order valence-electron chi connectivity index (χ1n) is 6.66. The first kappa shape index (κ1) is 14.8. The Labute approximate surface area is 123 Å². The van der Waals surface area contributed by atoms with E-state index in [4.69, 9.17) is 14.5 Å². The van der Waals surface area contributed by atoms with Crippen LogP contribution in [0.3, 0.4) is 0 Å². The van der Waals surface area contributed by atoms with Crippen molar-refractivity contribution in [3.63, 3.8) is 0 Å². The Balaban J connectivity index is 2.40. The first-order chi connectivity index (χ1) is 9.76. The Morgan fingerprint density at radius 3 is 2.85 bits per heavy atom. The van der Waals surface area contributed by atoms with Gasteiger partial charge in [-0.15, -0.1) is 11.3 Å². The van der Waals surface area contributed by atoms with Crippen LogP contribution in [0.1, 0.15) is 12.6 Å². The van der Waals surface area contributed by atoms with Gasteiger partial charge in [-0.3, -0.25) is 0 Å². The van der Waals surface area contributed by atoms with E-state index in [1.807, 2.05) is 31.2 Å². The van der Waals surface area contributed by atoms with Crippen LogP contribution in [0, 0.1) is 6.92 Å². The van der Waals surface area contributed by atoms with Gasteiger partial charge < -0.3 is 14.0 Å². The zero-order valence-electron chi connectivity index (χ0n) is 12.1. The summed E-state index contributed by atoms with van der Waals surface area (Å²) in [6, 6.07) is 7.85. The number of benzene rings is 1. The van der Waals surface area contributed by atoms with E-state index in [0.29, 0.717) is 13.2 Å². The van der Waals surface area contributed by atoms with Crippen molar-refractivity contribution < 1.29 is 9.47 Å². The lowest BCUT2D eigenvalue weighted by Gasteiger charge is -2.07. The molecule has 0 bridgehead atoms. The van der Waals surface area contributed by atoms with Crippen LogP contribution in [0.15, 0.2) is 34.6 Å². The summed E-state index contributed by atoms with van der Waals surface area (Å²) < 4.78 is 12.9. The molecule has 0 fully saturated rings. The van der Waals surface area contributed by atoms with Gasteiger partial charge in [-0.2, -0.15) is 0 Å². The molecule has 0 saturated carbocycles. The molecule has 1 aromatic carbocycles. The highest BCUT2D eigenvalue weighted by Gasteiger charge is 2.04. The quantitative estimate of drug-likeness (QED) is 0.820. The van der Waals surface area contributed by atoms with E-state index < -0.39 is 0 Å². The van der Waals surface area contributed by atoms with Crippen LogP contribution in [-0.2, 0) is 11.3 Å². The second-order valence-corrected chi connectivity index (χ2v) is 5.15. The Morgan fingerprint density at radius 1 is 1.30 bits per heavy atom. The van der Waals surface area contributed by atoms with Gasteiger partial charge in [0.2, 0.25) is 0 Å². The average Bonchev–Trinajstić information content (AvgIpc) is 2.80. The molecule has 20 heavy (non-hydrogen) atoms. The summed E-state index contributed by atoms with van der Waals surface area (Å²) in [5.41, 5.74) is 2.06. The number of ether oxygens (including phenoxy) is 2. The molecule has 0 N–H and O–H groups in total. The van der Waals surface area contributed by atoms with E-state index in [0.717, 1.165) is 22.8 Å². The number of methoxy groups -OCH3 is 1. The third-order valence-corrected chi connectivity index (χ3v) is 3.87. The molecule has 0 aliphatic heterocycles. The zero-order valence-corrected chi connectivity index (χ0v) is 12.9. The topological polar surface area (TPSA) is 35.8 Å². The van der Waals surface area contributed by atoms with Gasteiger partial charge in [0.15, 0.2) is 4.80 Å².